The largest absolute Gasteiger partial charge is 0.493 e. The molecule has 3 aromatic rings. The summed E-state index contributed by atoms with van der Waals surface area (Å²) in [5.74, 6) is 0.824. The number of fused-ring (bicyclic) bond motifs is 1. The van der Waals surface area contributed by atoms with Crippen LogP contribution in [0.2, 0.25) is 5.02 Å². The van der Waals surface area contributed by atoms with Gasteiger partial charge in [-0.1, -0.05) is 23.7 Å². The van der Waals surface area contributed by atoms with E-state index in [1.165, 1.54) is 7.11 Å². The van der Waals surface area contributed by atoms with Gasteiger partial charge in [0.05, 0.1) is 14.2 Å². The lowest BCUT2D eigenvalue weighted by molar-refractivity contribution is 0.0949. The van der Waals surface area contributed by atoms with Gasteiger partial charge in [-0.3, -0.25) is 9.59 Å². The standard InChI is InChI=1S/C25H23ClN2O4/c1-31-22-10-6-19(14-23(22)32-2)24(29)27-15-16-3-9-21-18(13-16)11-12-28(21)25(30)17-4-7-20(26)8-5-17/h3-10,13-14H,11-12,15H2,1-2H3,(H,27,29). The highest BCUT2D eigenvalue weighted by atomic mass is 35.5. The monoisotopic (exact) mass is 450 g/mol. The summed E-state index contributed by atoms with van der Waals surface area (Å²) in [5, 5.41) is 3.53. The molecule has 4 rings (SSSR count). The molecule has 6 nitrogen and oxygen atoms in total. The Kier molecular flexibility index (Phi) is 6.32. The highest BCUT2D eigenvalue weighted by Gasteiger charge is 2.25. The van der Waals surface area contributed by atoms with E-state index in [0.29, 0.717) is 40.7 Å². The van der Waals surface area contributed by atoms with Crippen molar-refractivity contribution in [1.82, 2.24) is 5.32 Å². The molecule has 0 radical (unpaired) electrons. The molecule has 164 valence electrons. The third-order valence-corrected chi connectivity index (χ3v) is 5.73. The number of benzene rings is 3. The zero-order valence-corrected chi connectivity index (χ0v) is 18.6. The van der Waals surface area contributed by atoms with Crippen molar-refractivity contribution in [3.8, 4) is 11.5 Å². The number of hydrogen-bond donors (Lipinski definition) is 1. The zero-order chi connectivity index (χ0) is 22.7. The maximum Gasteiger partial charge on any atom is 0.258 e. The molecule has 0 aliphatic carbocycles. The Morgan fingerprint density at radius 2 is 1.66 bits per heavy atom. The average molecular weight is 451 g/mol. The molecule has 7 heteroatoms. The van der Waals surface area contributed by atoms with Crippen molar-refractivity contribution in [2.75, 3.05) is 25.7 Å². The third kappa shape index (κ3) is 4.41. The van der Waals surface area contributed by atoms with Crippen LogP contribution in [-0.2, 0) is 13.0 Å². The first-order chi connectivity index (χ1) is 15.5. The number of carbonyl (C=O) groups excluding carboxylic acids is 2. The topological polar surface area (TPSA) is 67.9 Å². The number of anilines is 1. The summed E-state index contributed by atoms with van der Waals surface area (Å²) in [4.78, 5) is 27.2. The number of ether oxygens (including phenoxy) is 2. The fraction of sp³-hybridized carbons (Fsp3) is 0.200. The molecule has 1 aliphatic rings. The lowest BCUT2D eigenvalue weighted by atomic mass is 10.1. The van der Waals surface area contributed by atoms with E-state index >= 15 is 0 Å². The molecule has 1 aliphatic heterocycles. The van der Waals surface area contributed by atoms with Gasteiger partial charge >= 0.3 is 0 Å². The van der Waals surface area contributed by atoms with Crippen LogP contribution in [0, 0.1) is 0 Å². The lowest BCUT2D eigenvalue weighted by Gasteiger charge is -2.18. The Balaban J connectivity index is 1.43. The van der Waals surface area contributed by atoms with Crippen molar-refractivity contribution in [2.24, 2.45) is 0 Å². The molecule has 2 amide bonds. The van der Waals surface area contributed by atoms with Gasteiger partial charge < -0.3 is 19.7 Å². The molecule has 0 aromatic heterocycles. The molecule has 3 aromatic carbocycles. The minimum Gasteiger partial charge on any atom is -0.493 e. The summed E-state index contributed by atoms with van der Waals surface area (Å²) in [6.07, 6.45) is 0.770. The number of carbonyl (C=O) groups is 2. The van der Waals surface area contributed by atoms with E-state index in [1.807, 2.05) is 18.2 Å². The molecule has 0 unspecified atom stereocenters. The maximum atomic E-state index is 12.9. The minimum atomic E-state index is -0.203. The fourth-order valence-corrected chi connectivity index (χ4v) is 3.91. The molecule has 0 fully saturated rings. The van der Waals surface area contributed by atoms with Crippen LogP contribution in [0.25, 0.3) is 0 Å². The minimum absolute atomic E-state index is 0.0464. The Hall–Kier alpha value is -3.51. The zero-order valence-electron chi connectivity index (χ0n) is 17.9. The Morgan fingerprint density at radius 3 is 2.38 bits per heavy atom. The molecule has 1 N–H and O–H groups in total. The lowest BCUT2D eigenvalue weighted by Crippen LogP contribution is -2.28. The first-order valence-corrected chi connectivity index (χ1v) is 10.6. The van der Waals surface area contributed by atoms with Crippen LogP contribution in [0.3, 0.4) is 0 Å². The number of hydrogen-bond acceptors (Lipinski definition) is 4. The molecule has 0 spiro atoms. The van der Waals surface area contributed by atoms with Crippen LogP contribution in [0.5, 0.6) is 11.5 Å². The second kappa shape index (κ2) is 9.32. The molecule has 0 bridgehead atoms. The van der Waals surface area contributed by atoms with E-state index in [2.05, 4.69) is 5.32 Å². The first-order valence-electron chi connectivity index (χ1n) is 10.2. The molecule has 0 saturated carbocycles. The van der Waals surface area contributed by atoms with Crippen LogP contribution in [0.1, 0.15) is 31.8 Å². The Labute approximate surface area is 191 Å². The van der Waals surface area contributed by atoms with Crippen molar-refractivity contribution in [3.63, 3.8) is 0 Å². The Bertz CT molecular complexity index is 1160. The molecular weight excluding hydrogens is 428 g/mol. The van der Waals surface area contributed by atoms with E-state index in [0.717, 1.165) is 23.2 Å². The average Bonchev–Trinajstić information content (AvgIpc) is 3.25. The second-order valence-electron chi connectivity index (χ2n) is 7.43. The predicted octanol–water partition coefficient (Wildman–Crippen LogP) is 4.49. The summed E-state index contributed by atoms with van der Waals surface area (Å²) >= 11 is 5.93. The summed E-state index contributed by atoms with van der Waals surface area (Å²) < 4.78 is 10.5. The van der Waals surface area contributed by atoms with Crippen LogP contribution >= 0.6 is 11.6 Å². The van der Waals surface area contributed by atoms with Crippen LogP contribution in [0.15, 0.2) is 60.7 Å². The summed E-state index contributed by atoms with van der Waals surface area (Å²) in [6.45, 7) is 1.00. The van der Waals surface area contributed by atoms with Crippen molar-refractivity contribution < 1.29 is 19.1 Å². The van der Waals surface area contributed by atoms with Gasteiger partial charge in [0.2, 0.25) is 0 Å². The SMILES string of the molecule is COc1ccc(C(=O)NCc2ccc3c(c2)CCN3C(=O)c2ccc(Cl)cc2)cc1OC. The first kappa shape index (κ1) is 21.7. The number of halogens is 1. The van der Waals surface area contributed by atoms with Crippen LogP contribution in [0.4, 0.5) is 5.69 Å². The van der Waals surface area contributed by atoms with E-state index in [-0.39, 0.29) is 11.8 Å². The number of methoxy groups -OCH3 is 2. The van der Waals surface area contributed by atoms with E-state index in [4.69, 9.17) is 21.1 Å². The molecular formula is C25H23ClN2O4. The Morgan fingerprint density at radius 1 is 0.938 bits per heavy atom. The van der Waals surface area contributed by atoms with Gasteiger partial charge in [-0.15, -0.1) is 0 Å². The van der Waals surface area contributed by atoms with Gasteiger partial charge in [-0.25, -0.2) is 0 Å². The normalized spacial score (nSPS) is 12.3. The summed E-state index contributed by atoms with van der Waals surface area (Å²) in [6, 6.07) is 17.9. The highest BCUT2D eigenvalue weighted by Crippen LogP contribution is 2.31. The van der Waals surface area contributed by atoms with Crippen LogP contribution in [-0.4, -0.2) is 32.6 Å². The summed E-state index contributed by atoms with van der Waals surface area (Å²) in [7, 11) is 3.08. The number of nitrogens with zero attached hydrogens (tertiary/aromatic N) is 1. The van der Waals surface area contributed by atoms with Crippen molar-refractivity contribution in [2.45, 2.75) is 13.0 Å². The van der Waals surface area contributed by atoms with Gasteiger partial charge in [-0.05, 0) is 66.1 Å². The molecule has 32 heavy (non-hydrogen) atoms. The molecule has 0 atom stereocenters. The molecule has 1 heterocycles. The van der Waals surface area contributed by atoms with Crippen molar-refractivity contribution in [3.05, 3.63) is 87.9 Å². The van der Waals surface area contributed by atoms with E-state index in [9.17, 15) is 9.59 Å². The van der Waals surface area contributed by atoms with E-state index < -0.39 is 0 Å². The maximum absolute atomic E-state index is 12.9. The van der Waals surface area contributed by atoms with Gasteiger partial charge in [0.25, 0.3) is 11.8 Å². The van der Waals surface area contributed by atoms with Crippen molar-refractivity contribution >= 4 is 29.1 Å². The van der Waals surface area contributed by atoms with Crippen LogP contribution < -0.4 is 19.7 Å². The highest BCUT2D eigenvalue weighted by molar-refractivity contribution is 6.30. The third-order valence-electron chi connectivity index (χ3n) is 5.47. The van der Waals surface area contributed by atoms with Gasteiger partial charge in [-0.2, -0.15) is 0 Å². The number of rotatable bonds is 6. The number of amides is 2. The number of nitrogens with one attached hydrogen (secondary N) is 1. The fourth-order valence-electron chi connectivity index (χ4n) is 3.79. The summed E-state index contributed by atoms with van der Waals surface area (Å²) in [5.41, 5.74) is 4.06. The van der Waals surface area contributed by atoms with Gasteiger partial charge in [0, 0.05) is 34.9 Å². The van der Waals surface area contributed by atoms with Gasteiger partial charge in [0.1, 0.15) is 0 Å². The predicted molar refractivity (Wildman–Crippen MR) is 124 cm³/mol. The smallest absolute Gasteiger partial charge is 0.258 e. The van der Waals surface area contributed by atoms with Crippen molar-refractivity contribution in [1.29, 1.82) is 0 Å². The second-order valence-corrected chi connectivity index (χ2v) is 7.87. The van der Waals surface area contributed by atoms with Gasteiger partial charge in [0.15, 0.2) is 11.5 Å². The van der Waals surface area contributed by atoms with E-state index in [1.54, 1.807) is 54.5 Å². The molecule has 0 saturated heterocycles. The quantitative estimate of drug-likeness (QED) is 0.600.